The van der Waals surface area contributed by atoms with E-state index in [1.807, 2.05) is 0 Å². The lowest BCUT2D eigenvalue weighted by Gasteiger charge is -2.29. The van der Waals surface area contributed by atoms with E-state index in [1.165, 1.54) is 4.68 Å². The maximum atomic E-state index is 12.4. The van der Waals surface area contributed by atoms with E-state index in [4.69, 9.17) is 44.0 Å². The lowest BCUT2D eigenvalue weighted by atomic mass is 10.0. The molecule has 20 nitrogen and oxygen atoms in total. The van der Waals surface area contributed by atoms with Crippen molar-refractivity contribution >= 4 is 0 Å². The number of ether oxygens (including phenoxy) is 7. The van der Waals surface area contributed by atoms with Crippen molar-refractivity contribution in [2.24, 2.45) is 5.73 Å². The number of hydrogen-bond acceptors (Lipinski definition) is 17. The van der Waals surface area contributed by atoms with E-state index in [0.29, 0.717) is 58.4 Å². The first-order valence-electron chi connectivity index (χ1n) is 15.2. The molecule has 47 heavy (non-hydrogen) atoms. The van der Waals surface area contributed by atoms with Crippen molar-refractivity contribution in [1.82, 2.24) is 24.5 Å². The van der Waals surface area contributed by atoms with E-state index in [9.17, 15) is 30.0 Å². The topological polar surface area (TPSA) is 277 Å². The summed E-state index contributed by atoms with van der Waals surface area (Å²) in [6.07, 6.45) is -8.99. The molecule has 2 saturated heterocycles. The molecule has 0 bridgehead atoms. The van der Waals surface area contributed by atoms with Gasteiger partial charge in [-0.25, -0.2) is 9.48 Å². The highest BCUT2D eigenvalue weighted by Gasteiger charge is 2.51. The predicted octanol–water partition coefficient (Wildman–Crippen LogP) is -5.16. The number of aliphatic hydroxyl groups is 5. The highest BCUT2D eigenvalue weighted by Crippen LogP contribution is 2.33. The normalized spacial score (nSPS) is 28.3. The van der Waals surface area contributed by atoms with Crippen LogP contribution in [0.2, 0.25) is 0 Å². The fraction of sp³-hybridized carbons (Fsp3) is 0.778. The number of nitrogens with one attached hydrogen (secondary N) is 1. The molecule has 4 rings (SSSR count). The van der Waals surface area contributed by atoms with Crippen LogP contribution < -0.4 is 17.0 Å². The number of rotatable bonds is 21. The van der Waals surface area contributed by atoms with Crippen LogP contribution in [-0.2, 0) is 46.1 Å². The molecule has 0 spiro atoms. The molecule has 2 fully saturated rings. The molecule has 4 heterocycles. The maximum Gasteiger partial charge on any atom is 0.330 e. The summed E-state index contributed by atoms with van der Waals surface area (Å²) in [6.45, 7) is 2.70. The zero-order chi connectivity index (χ0) is 33.8. The van der Waals surface area contributed by atoms with Crippen LogP contribution in [0.3, 0.4) is 0 Å². The molecule has 0 unspecified atom stereocenters. The van der Waals surface area contributed by atoms with Gasteiger partial charge in [-0.2, -0.15) is 0 Å². The van der Waals surface area contributed by atoms with Gasteiger partial charge in [0.15, 0.2) is 12.5 Å². The Balaban J connectivity index is 1.30. The Labute approximate surface area is 268 Å². The predicted molar refractivity (Wildman–Crippen MR) is 156 cm³/mol. The van der Waals surface area contributed by atoms with Crippen molar-refractivity contribution in [3.05, 3.63) is 45.0 Å². The zero-order valence-corrected chi connectivity index (χ0v) is 25.7. The van der Waals surface area contributed by atoms with E-state index < -0.39 is 66.5 Å². The van der Waals surface area contributed by atoms with Crippen LogP contribution in [-0.4, -0.2) is 165 Å². The van der Waals surface area contributed by atoms with Crippen molar-refractivity contribution in [3.63, 3.8) is 0 Å². The fourth-order valence-corrected chi connectivity index (χ4v) is 5.00. The third kappa shape index (κ3) is 10.4. The smallest absolute Gasteiger partial charge is 0.330 e. The number of nitrogens with two attached hydrogens (primary N) is 1. The van der Waals surface area contributed by atoms with E-state index in [-0.39, 0.29) is 26.3 Å². The molecule has 0 aromatic carbocycles. The second-order valence-corrected chi connectivity index (χ2v) is 10.8. The van der Waals surface area contributed by atoms with Gasteiger partial charge >= 0.3 is 5.69 Å². The van der Waals surface area contributed by atoms with E-state index in [2.05, 4.69) is 15.3 Å². The minimum Gasteiger partial charge on any atom is -0.394 e. The van der Waals surface area contributed by atoms with Crippen LogP contribution in [0, 0.1) is 0 Å². The monoisotopic (exact) mass is 676 g/mol. The summed E-state index contributed by atoms with van der Waals surface area (Å²) < 4.78 is 41.2. The molecule has 8 N–H and O–H groups in total. The van der Waals surface area contributed by atoms with Gasteiger partial charge in [0.25, 0.3) is 5.56 Å². The number of aromatic nitrogens is 5. The number of aliphatic hydroxyl groups excluding tert-OH is 5. The second-order valence-electron chi connectivity index (χ2n) is 10.8. The minimum atomic E-state index is -1.61. The molecule has 2 aliphatic heterocycles. The van der Waals surface area contributed by atoms with Gasteiger partial charge in [-0.05, 0) is 0 Å². The van der Waals surface area contributed by atoms with Crippen molar-refractivity contribution in [2.45, 2.75) is 68.2 Å². The Kier molecular flexibility index (Phi) is 14.8. The van der Waals surface area contributed by atoms with Gasteiger partial charge in [0.1, 0.15) is 42.7 Å². The summed E-state index contributed by atoms with van der Waals surface area (Å²) in [4.78, 5) is 26.0. The Hall–Kier alpha value is -2.70. The fourth-order valence-electron chi connectivity index (χ4n) is 5.00. The first-order chi connectivity index (χ1) is 22.7. The Morgan fingerprint density at radius 2 is 1.55 bits per heavy atom. The summed E-state index contributed by atoms with van der Waals surface area (Å²) in [5, 5.41) is 59.4. The lowest BCUT2D eigenvalue weighted by molar-refractivity contribution is -0.223. The third-order valence-corrected chi connectivity index (χ3v) is 7.43. The highest BCUT2D eigenvalue weighted by atomic mass is 16.7. The zero-order valence-electron chi connectivity index (χ0n) is 25.7. The van der Waals surface area contributed by atoms with Crippen molar-refractivity contribution in [1.29, 1.82) is 0 Å². The van der Waals surface area contributed by atoms with Crippen molar-refractivity contribution in [3.8, 4) is 0 Å². The highest BCUT2D eigenvalue weighted by molar-refractivity contribution is 4.98. The van der Waals surface area contributed by atoms with Gasteiger partial charge in [0.05, 0.1) is 71.7 Å². The molecule has 2 aromatic rings. The molecule has 2 aliphatic rings. The molecule has 2 aromatic heterocycles. The number of H-pyrrole nitrogens is 1. The SMILES string of the molecule is NC[C@H]1O[C@@H](O[C@@H](Cn2cc(CCOCCOCCOCCOCCO)nn2)[C@H]2O[C@@H](n3ccc(=O)[nH]c3=O)[C@H](O)[C@@H]2O)[C@H](O)[C@@H]1O. The van der Waals surface area contributed by atoms with Crippen LogP contribution in [0.5, 0.6) is 0 Å². The average molecular weight is 677 g/mol. The summed E-state index contributed by atoms with van der Waals surface area (Å²) in [7, 11) is 0. The maximum absolute atomic E-state index is 12.4. The lowest BCUT2D eigenvalue weighted by Crippen LogP contribution is -2.46. The molecule has 0 aliphatic carbocycles. The van der Waals surface area contributed by atoms with Gasteiger partial charge in [-0.1, -0.05) is 5.21 Å². The molecule has 0 saturated carbocycles. The number of hydrogen-bond donors (Lipinski definition) is 7. The van der Waals surface area contributed by atoms with E-state index >= 15 is 0 Å². The van der Waals surface area contributed by atoms with Crippen LogP contribution >= 0.6 is 0 Å². The van der Waals surface area contributed by atoms with Gasteiger partial charge < -0.3 is 64.4 Å². The molecule has 0 amide bonds. The second kappa shape index (κ2) is 18.7. The van der Waals surface area contributed by atoms with Crippen LogP contribution in [0.4, 0.5) is 0 Å². The van der Waals surface area contributed by atoms with Crippen LogP contribution in [0.15, 0.2) is 28.0 Å². The standard InChI is InChI=1S/C27H44N6O14/c28-13-17-20(36)23(39)26(45-17)46-18(24-21(37)22(38)25(47-24)33-3-1-19(35)29-27(33)40)15-32-14-16(30-31-32)2-5-41-7-9-43-11-12-44-10-8-42-6-4-34/h1,3,14,17-18,20-26,34,36-39H,2,4-13,15,28H2,(H,29,35,40)/t17-,18+,20-,21+,22-,23-,24-,25-,26+/m1/s1. The minimum absolute atomic E-state index is 0.0264. The number of nitrogens with zero attached hydrogens (tertiary/aromatic N) is 4. The van der Waals surface area contributed by atoms with Gasteiger partial charge in [0, 0.05) is 31.4 Å². The Morgan fingerprint density at radius 3 is 2.17 bits per heavy atom. The van der Waals surface area contributed by atoms with Crippen molar-refractivity contribution in [2.75, 3.05) is 66.0 Å². The molecule has 266 valence electrons. The summed E-state index contributed by atoms with van der Waals surface area (Å²) >= 11 is 0. The first kappa shape index (κ1) is 37.1. The largest absolute Gasteiger partial charge is 0.394 e. The quantitative estimate of drug-likeness (QED) is 0.0609. The Morgan fingerprint density at radius 1 is 0.894 bits per heavy atom. The number of aromatic amines is 1. The molecular formula is C27H44N6O14. The summed E-state index contributed by atoms with van der Waals surface area (Å²) in [6, 6.07) is 1.06. The summed E-state index contributed by atoms with van der Waals surface area (Å²) in [5.74, 6) is 0. The first-order valence-corrected chi connectivity index (χ1v) is 15.2. The van der Waals surface area contributed by atoms with E-state index in [1.54, 1.807) is 6.20 Å². The third-order valence-electron chi connectivity index (χ3n) is 7.43. The van der Waals surface area contributed by atoms with Crippen LogP contribution in [0.1, 0.15) is 11.9 Å². The van der Waals surface area contributed by atoms with E-state index in [0.717, 1.165) is 16.8 Å². The van der Waals surface area contributed by atoms with Gasteiger partial charge in [0.2, 0.25) is 0 Å². The average Bonchev–Trinajstić information content (AvgIpc) is 3.71. The van der Waals surface area contributed by atoms with Gasteiger partial charge in [-0.3, -0.25) is 14.3 Å². The van der Waals surface area contributed by atoms with Gasteiger partial charge in [-0.15, -0.1) is 5.10 Å². The van der Waals surface area contributed by atoms with Crippen molar-refractivity contribution < 1.29 is 58.7 Å². The Bertz CT molecular complexity index is 1310. The van der Waals surface area contributed by atoms with Crippen LogP contribution in [0.25, 0.3) is 0 Å². The molecule has 20 heteroatoms. The molecule has 0 radical (unpaired) electrons. The molecule has 9 atom stereocenters. The molecular weight excluding hydrogens is 632 g/mol. The summed E-state index contributed by atoms with van der Waals surface area (Å²) in [5.41, 5.74) is 4.67.